The van der Waals surface area contributed by atoms with Crippen molar-refractivity contribution in [3.05, 3.63) is 93.8 Å². The molecule has 1 aliphatic heterocycles. The van der Waals surface area contributed by atoms with E-state index in [4.69, 9.17) is 4.98 Å². The number of amides is 3. The van der Waals surface area contributed by atoms with Gasteiger partial charge in [-0.15, -0.1) is 0 Å². The predicted molar refractivity (Wildman–Crippen MR) is 153 cm³/mol. The third-order valence-electron chi connectivity index (χ3n) is 7.43. The number of nitrogens with zero attached hydrogens (tertiary/aromatic N) is 3. The van der Waals surface area contributed by atoms with Crippen LogP contribution in [0.4, 0.5) is 4.79 Å². The SMILES string of the molecule is Cc1ccc(S(=O)(=O)n2cc(C(C)C)c3nc(Cc4c(C)cc(C5NN(C)C(=O)NC5=O)cc4C)ccc32)cc1. The summed E-state index contributed by atoms with van der Waals surface area (Å²) in [5, 5.41) is 3.62. The number of urea groups is 1. The largest absolute Gasteiger partial charge is 0.338 e. The van der Waals surface area contributed by atoms with Gasteiger partial charge in [-0.25, -0.2) is 22.6 Å². The molecule has 2 aromatic heterocycles. The van der Waals surface area contributed by atoms with Gasteiger partial charge in [-0.1, -0.05) is 43.7 Å². The molecule has 1 aliphatic rings. The normalized spacial score (nSPS) is 16.2. The quantitative estimate of drug-likeness (QED) is 0.356. The summed E-state index contributed by atoms with van der Waals surface area (Å²) in [6.07, 6.45) is 2.24. The zero-order chi connectivity index (χ0) is 28.9. The van der Waals surface area contributed by atoms with Crippen LogP contribution in [0, 0.1) is 20.8 Å². The molecule has 2 aromatic carbocycles. The molecule has 0 aliphatic carbocycles. The van der Waals surface area contributed by atoms with Gasteiger partial charge in [-0.2, -0.15) is 0 Å². The molecule has 208 valence electrons. The van der Waals surface area contributed by atoms with E-state index in [0.717, 1.165) is 39.1 Å². The first kappa shape index (κ1) is 27.5. The number of pyridine rings is 1. The van der Waals surface area contributed by atoms with Gasteiger partial charge in [0.15, 0.2) is 0 Å². The molecule has 10 heteroatoms. The number of hydrogen-bond acceptors (Lipinski definition) is 6. The molecule has 1 saturated heterocycles. The summed E-state index contributed by atoms with van der Waals surface area (Å²) < 4.78 is 28.5. The Morgan fingerprint density at radius 2 is 1.62 bits per heavy atom. The van der Waals surface area contributed by atoms with Crippen molar-refractivity contribution < 1.29 is 18.0 Å². The van der Waals surface area contributed by atoms with Crippen molar-refractivity contribution in [1.82, 2.24) is 24.7 Å². The van der Waals surface area contributed by atoms with E-state index < -0.39 is 28.0 Å². The van der Waals surface area contributed by atoms with Gasteiger partial charge in [-0.3, -0.25) is 20.1 Å². The summed E-state index contributed by atoms with van der Waals surface area (Å²) in [6.45, 7) is 9.96. The Balaban J connectivity index is 1.51. The monoisotopic (exact) mass is 559 g/mol. The van der Waals surface area contributed by atoms with Crippen LogP contribution >= 0.6 is 0 Å². The first-order chi connectivity index (χ1) is 18.9. The topological polar surface area (TPSA) is 113 Å². The summed E-state index contributed by atoms with van der Waals surface area (Å²) in [6, 6.07) is 13.3. The maximum atomic E-state index is 13.6. The highest BCUT2D eigenvalue weighted by molar-refractivity contribution is 7.90. The lowest BCUT2D eigenvalue weighted by Crippen LogP contribution is -2.58. The fraction of sp³-hybridized carbons (Fsp3) is 0.300. The van der Waals surface area contributed by atoms with Crippen LogP contribution in [0.3, 0.4) is 0 Å². The Hall–Kier alpha value is -4.02. The highest BCUT2D eigenvalue weighted by atomic mass is 32.2. The molecule has 1 unspecified atom stereocenters. The number of carbonyl (C=O) groups excluding carboxylic acids is 2. The van der Waals surface area contributed by atoms with E-state index >= 15 is 0 Å². The number of hydrogen-bond donors (Lipinski definition) is 2. The van der Waals surface area contributed by atoms with E-state index in [2.05, 4.69) is 10.7 Å². The lowest BCUT2D eigenvalue weighted by Gasteiger charge is -2.31. The minimum atomic E-state index is -3.79. The summed E-state index contributed by atoms with van der Waals surface area (Å²) in [4.78, 5) is 29.4. The number of benzene rings is 2. The smallest absolute Gasteiger partial charge is 0.275 e. The summed E-state index contributed by atoms with van der Waals surface area (Å²) in [5.74, 6) is -0.324. The summed E-state index contributed by atoms with van der Waals surface area (Å²) in [7, 11) is -2.23. The van der Waals surface area contributed by atoms with Gasteiger partial charge in [0.25, 0.3) is 15.9 Å². The molecule has 1 atom stereocenters. The van der Waals surface area contributed by atoms with Crippen LogP contribution in [-0.2, 0) is 21.2 Å². The molecule has 0 saturated carbocycles. The van der Waals surface area contributed by atoms with Crippen LogP contribution in [-0.4, -0.2) is 41.4 Å². The van der Waals surface area contributed by atoms with Gasteiger partial charge in [0.2, 0.25) is 0 Å². The van der Waals surface area contributed by atoms with Gasteiger partial charge in [0.1, 0.15) is 6.04 Å². The molecule has 0 bridgehead atoms. The van der Waals surface area contributed by atoms with E-state index in [1.165, 1.54) is 8.98 Å². The van der Waals surface area contributed by atoms with E-state index in [-0.39, 0.29) is 10.8 Å². The Morgan fingerprint density at radius 1 is 0.975 bits per heavy atom. The number of aromatic nitrogens is 2. The Bertz CT molecular complexity index is 1730. The number of aryl methyl sites for hydroxylation is 3. The lowest BCUT2D eigenvalue weighted by atomic mass is 9.92. The van der Waals surface area contributed by atoms with E-state index in [9.17, 15) is 18.0 Å². The summed E-state index contributed by atoms with van der Waals surface area (Å²) >= 11 is 0. The van der Waals surface area contributed by atoms with Crippen molar-refractivity contribution >= 4 is 33.0 Å². The van der Waals surface area contributed by atoms with Gasteiger partial charge in [0, 0.05) is 25.4 Å². The van der Waals surface area contributed by atoms with Gasteiger partial charge < -0.3 is 0 Å². The molecule has 5 rings (SSSR count). The second-order valence-electron chi connectivity index (χ2n) is 10.7. The minimum Gasteiger partial charge on any atom is -0.275 e. The Morgan fingerprint density at radius 3 is 2.25 bits per heavy atom. The van der Waals surface area contributed by atoms with Crippen molar-refractivity contribution in [2.45, 2.75) is 57.9 Å². The van der Waals surface area contributed by atoms with E-state index in [1.54, 1.807) is 37.5 Å². The average molecular weight is 560 g/mol. The molecular weight excluding hydrogens is 526 g/mol. The Kier molecular flexibility index (Phi) is 7.01. The highest BCUT2D eigenvalue weighted by Crippen LogP contribution is 2.31. The molecule has 1 fully saturated rings. The molecule has 4 aromatic rings. The van der Waals surface area contributed by atoms with Crippen LogP contribution in [0.25, 0.3) is 11.0 Å². The zero-order valence-corrected chi connectivity index (χ0v) is 24.3. The second kappa shape index (κ2) is 10.2. The average Bonchev–Trinajstić information content (AvgIpc) is 3.28. The van der Waals surface area contributed by atoms with Crippen molar-refractivity contribution in [2.75, 3.05) is 7.05 Å². The van der Waals surface area contributed by atoms with Gasteiger partial charge in [0.05, 0.1) is 15.9 Å². The summed E-state index contributed by atoms with van der Waals surface area (Å²) in [5.41, 5.74) is 10.7. The van der Waals surface area contributed by atoms with Gasteiger partial charge >= 0.3 is 6.03 Å². The lowest BCUT2D eigenvalue weighted by molar-refractivity contribution is -0.125. The Labute approximate surface area is 234 Å². The van der Waals surface area contributed by atoms with E-state index in [0.29, 0.717) is 17.5 Å². The number of nitrogens with one attached hydrogen (secondary N) is 2. The predicted octanol–water partition coefficient (Wildman–Crippen LogP) is 4.64. The highest BCUT2D eigenvalue weighted by Gasteiger charge is 2.31. The van der Waals surface area contributed by atoms with Gasteiger partial charge in [-0.05, 0) is 78.8 Å². The van der Waals surface area contributed by atoms with Crippen molar-refractivity contribution in [2.24, 2.45) is 0 Å². The van der Waals surface area contributed by atoms with Crippen LogP contribution in [0.2, 0.25) is 0 Å². The first-order valence-electron chi connectivity index (χ1n) is 13.1. The number of hydrazine groups is 1. The standard InChI is InChI=1S/C30H33N5O4S/c1-17(2)25-16-35(40(38,39)23-10-7-18(3)8-11-23)26-12-9-22(31-28(25)26)15-24-19(4)13-21(14-20(24)5)27-29(36)32-30(37)34(6)33-27/h7-14,16-17,27,33H,15H2,1-6H3,(H,32,36,37). The van der Waals surface area contributed by atoms with Crippen LogP contribution < -0.4 is 10.7 Å². The maximum Gasteiger partial charge on any atom is 0.338 e. The number of fused-ring (bicyclic) bond motifs is 1. The third kappa shape index (κ3) is 4.89. The third-order valence-corrected chi connectivity index (χ3v) is 9.12. The molecule has 3 heterocycles. The minimum absolute atomic E-state index is 0.0710. The molecule has 40 heavy (non-hydrogen) atoms. The fourth-order valence-corrected chi connectivity index (χ4v) is 6.50. The van der Waals surface area contributed by atoms with Crippen molar-refractivity contribution in [3.8, 4) is 0 Å². The van der Waals surface area contributed by atoms with Crippen molar-refractivity contribution in [1.29, 1.82) is 0 Å². The maximum absolute atomic E-state index is 13.6. The number of rotatable bonds is 6. The number of carbonyl (C=O) groups is 2. The first-order valence-corrected chi connectivity index (χ1v) is 14.6. The van der Waals surface area contributed by atoms with Crippen molar-refractivity contribution in [3.63, 3.8) is 0 Å². The second-order valence-corrected chi connectivity index (χ2v) is 12.6. The van der Waals surface area contributed by atoms with E-state index in [1.807, 2.05) is 58.9 Å². The molecule has 0 spiro atoms. The molecule has 3 amide bonds. The molecule has 9 nitrogen and oxygen atoms in total. The van der Waals surface area contributed by atoms with Crippen LogP contribution in [0.15, 0.2) is 59.6 Å². The van der Waals surface area contributed by atoms with Crippen LogP contribution in [0.5, 0.6) is 0 Å². The van der Waals surface area contributed by atoms with Crippen LogP contribution in [0.1, 0.15) is 64.9 Å². The molecular formula is C30H33N5O4S. The number of imide groups is 1. The molecule has 2 N–H and O–H groups in total. The molecule has 0 radical (unpaired) electrons. The fourth-order valence-electron chi connectivity index (χ4n) is 5.13. The zero-order valence-electron chi connectivity index (χ0n) is 23.4.